The molecule has 1 unspecified atom stereocenters. The van der Waals surface area contributed by atoms with Gasteiger partial charge >= 0.3 is 0 Å². The monoisotopic (exact) mass is 636 g/mol. The van der Waals surface area contributed by atoms with Crippen molar-refractivity contribution in [2.24, 2.45) is 0 Å². The molecule has 0 amide bonds. The van der Waals surface area contributed by atoms with Crippen molar-refractivity contribution in [3.05, 3.63) is 94.3 Å². The van der Waals surface area contributed by atoms with Crippen LogP contribution >= 0.6 is 0 Å². The van der Waals surface area contributed by atoms with Gasteiger partial charge in [0.2, 0.25) is 0 Å². The van der Waals surface area contributed by atoms with E-state index in [-0.39, 0.29) is 42.7 Å². The number of hydrogen-bond donors (Lipinski definition) is 1. The van der Waals surface area contributed by atoms with Gasteiger partial charge in [0.25, 0.3) is 0 Å². The standard InChI is InChI=1S/C32H44N2.Hf/c1-21(2)26-14-13-15-27(22(3)4)30(26)34-29(28-16-11-12-17-33-28)23-18-24(31(5,6)7)20-25(19-23)32(8,9)10;/h11-22,29,34H,1-10H3;. The van der Waals surface area contributed by atoms with E-state index in [0.29, 0.717) is 11.8 Å². The van der Waals surface area contributed by atoms with Crippen LogP contribution in [0.3, 0.4) is 0 Å². The first-order valence-corrected chi connectivity index (χ1v) is 12.7. The van der Waals surface area contributed by atoms with E-state index in [9.17, 15) is 0 Å². The molecule has 0 saturated heterocycles. The average molecular weight is 635 g/mol. The molecule has 0 saturated carbocycles. The van der Waals surface area contributed by atoms with Gasteiger partial charge in [-0.1, -0.05) is 112 Å². The van der Waals surface area contributed by atoms with Gasteiger partial charge in [-0.3, -0.25) is 4.98 Å². The average Bonchev–Trinajstić information content (AvgIpc) is 2.76. The first-order valence-electron chi connectivity index (χ1n) is 12.7. The van der Waals surface area contributed by atoms with Crippen LogP contribution in [0.1, 0.15) is 121 Å². The van der Waals surface area contributed by atoms with Crippen LogP contribution in [0, 0.1) is 0 Å². The second-order valence-electron chi connectivity index (χ2n) is 12.3. The Hall–Kier alpha value is -1.74. The molecule has 2 nitrogen and oxygen atoms in total. The summed E-state index contributed by atoms with van der Waals surface area (Å²) in [4.78, 5) is 4.82. The van der Waals surface area contributed by atoms with Crippen molar-refractivity contribution >= 4 is 5.69 Å². The molecule has 0 aliphatic rings. The van der Waals surface area contributed by atoms with Crippen molar-refractivity contribution in [3.63, 3.8) is 0 Å². The number of nitrogens with one attached hydrogen (secondary N) is 1. The summed E-state index contributed by atoms with van der Waals surface area (Å²) in [5.41, 5.74) is 9.11. The third kappa shape index (κ3) is 7.15. The molecule has 1 aromatic heterocycles. The van der Waals surface area contributed by atoms with Crippen molar-refractivity contribution in [3.8, 4) is 0 Å². The number of hydrogen-bond acceptors (Lipinski definition) is 2. The molecule has 1 atom stereocenters. The van der Waals surface area contributed by atoms with Crippen molar-refractivity contribution in [1.29, 1.82) is 0 Å². The minimum Gasteiger partial charge on any atom is -0.372 e. The van der Waals surface area contributed by atoms with E-state index in [2.05, 4.69) is 123 Å². The Morgan fingerprint density at radius 3 is 1.60 bits per heavy atom. The molecular formula is C32H44HfN2. The van der Waals surface area contributed by atoms with Gasteiger partial charge in [-0.05, 0) is 62.6 Å². The van der Waals surface area contributed by atoms with Crippen LogP contribution in [-0.4, -0.2) is 4.98 Å². The Morgan fingerprint density at radius 1 is 0.686 bits per heavy atom. The predicted molar refractivity (Wildman–Crippen MR) is 148 cm³/mol. The van der Waals surface area contributed by atoms with E-state index in [4.69, 9.17) is 4.98 Å². The number of rotatable bonds is 6. The largest absolute Gasteiger partial charge is 0.372 e. The fraction of sp³-hybridized carbons (Fsp3) is 0.469. The van der Waals surface area contributed by atoms with E-state index < -0.39 is 0 Å². The summed E-state index contributed by atoms with van der Waals surface area (Å²) in [7, 11) is 0. The molecule has 2 aromatic carbocycles. The minimum atomic E-state index is -0.0398. The van der Waals surface area contributed by atoms with Gasteiger partial charge in [0, 0.05) is 37.7 Å². The van der Waals surface area contributed by atoms with Gasteiger partial charge in [-0.2, -0.15) is 0 Å². The van der Waals surface area contributed by atoms with E-state index in [1.165, 1.54) is 33.5 Å². The van der Waals surface area contributed by atoms with Crippen LogP contribution in [0.5, 0.6) is 0 Å². The molecule has 3 heteroatoms. The predicted octanol–water partition coefficient (Wildman–Crippen LogP) is 9.12. The Bertz CT molecular complexity index is 1040. The van der Waals surface area contributed by atoms with Crippen LogP contribution in [0.15, 0.2) is 60.8 Å². The summed E-state index contributed by atoms with van der Waals surface area (Å²) >= 11 is 0. The zero-order valence-electron chi connectivity index (χ0n) is 23.5. The number of anilines is 1. The SMILES string of the molecule is CC(C)c1cccc(C(C)C)c1NC(c1cc(C(C)(C)C)cc(C(C)(C)C)c1)c1ccccn1.[Hf]. The molecule has 35 heavy (non-hydrogen) atoms. The molecule has 3 rings (SSSR count). The van der Waals surface area contributed by atoms with Crippen LogP contribution < -0.4 is 5.32 Å². The summed E-state index contributed by atoms with van der Waals surface area (Å²) in [5, 5.41) is 4.01. The maximum absolute atomic E-state index is 4.82. The number of benzene rings is 2. The molecule has 3 aromatic rings. The normalized spacial score (nSPS) is 13.0. The second kappa shape index (κ2) is 11.5. The molecular weight excluding hydrogens is 591 g/mol. The van der Waals surface area contributed by atoms with Crippen LogP contribution in [0.4, 0.5) is 5.69 Å². The Morgan fingerprint density at radius 2 is 1.20 bits per heavy atom. The zero-order chi connectivity index (χ0) is 25.3. The van der Waals surface area contributed by atoms with Gasteiger partial charge in [0.15, 0.2) is 0 Å². The molecule has 0 aliphatic heterocycles. The molecule has 0 fully saturated rings. The molecule has 1 heterocycles. The first-order chi connectivity index (χ1) is 15.8. The fourth-order valence-corrected chi connectivity index (χ4v) is 4.42. The maximum atomic E-state index is 4.82. The van der Waals surface area contributed by atoms with Gasteiger partial charge in [-0.15, -0.1) is 0 Å². The van der Waals surface area contributed by atoms with Crippen LogP contribution in [0.25, 0.3) is 0 Å². The number of nitrogens with zero attached hydrogens (tertiary/aromatic N) is 1. The Kier molecular flexibility index (Phi) is 9.73. The van der Waals surface area contributed by atoms with E-state index in [1.54, 1.807) is 0 Å². The second-order valence-corrected chi connectivity index (χ2v) is 12.3. The summed E-state index contributed by atoms with van der Waals surface area (Å²) in [5.74, 6) is 0.855. The quantitative estimate of drug-likeness (QED) is 0.274. The zero-order valence-corrected chi connectivity index (χ0v) is 27.0. The van der Waals surface area contributed by atoms with E-state index >= 15 is 0 Å². The van der Waals surface area contributed by atoms with Crippen LogP contribution in [0.2, 0.25) is 0 Å². The Balaban J connectivity index is 0.00000432. The third-order valence-corrected chi connectivity index (χ3v) is 6.67. The van der Waals surface area contributed by atoms with Gasteiger partial charge < -0.3 is 5.32 Å². The third-order valence-electron chi connectivity index (χ3n) is 6.67. The molecule has 1 N–H and O–H groups in total. The van der Waals surface area contributed by atoms with E-state index in [0.717, 1.165) is 5.69 Å². The van der Waals surface area contributed by atoms with E-state index in [1.807, 2.05) is 12.3 Å². The summed E-state index contributed by atoms with van der Waals surface area (Å²) in [6, 6.07) is 20.1. The summed E-state index contributed by atoms with van der Waals surface area (Å²) in [6.07, 6.45) is 1.90. The minimum absolute atomic E-state index is 0. The first kappa shape index (κ1) is 29.5. The molecule has 0 aliphatic carbocycles. The summed E-state index contributed by atoms with van der Waals surface area (Å²) in [6.45, 7) is 22.9. The molecule has 0 radical (unpaired) electrons. The van der Waals surface area contributed by atoms with Crippen molar-refractivity contribution in [2.45, 2.75) is 97.9 Å². The topological polar surface area (TPSA) is 24.9 Å². The number of pyridine rings is 1. The van der Waals surface area contributed by atoms with Gasteiger partial charge in [0.05, 0.1) is 11.7 Å². The van der Waals surface area contributed by atoms with Gasteiger partial charge in [0.1, 0.15) is 0 Å². The van der Waals surface area contributed by atoms with Gasteiger partial charge in [-0.25, -0.2) is 0 Å². The maximum Gasteiger partial charge on any atom is 0.0940 e. The number of para-hydroxylation sites is 1. The Labute approximate surface area is 233 Å². The molecule has 0 bridgehead atoms. The number of aromatic nitrogens is 1. The fourth-order valence-electron chi connectivity index (χ4n) is 4.42. The van der Waals surface area contributed by atoms with Crippen molar-refractivity contribution in [1.82, 2.24) is 4.98 Å². The van der Waals surface area contributed by atoms with Crippen molar-refractivity contribution < 1.29 is 25.8 Å². The smallest absolute Gasteiger partial charge is 0.0940 e. The van der Waals surface area contributed by atoms with Crippen molar-refractivity contribution in [2.75, 3.05) is 5.32 Å². The van der Waals surface area contributed by atoms with Crippen LogP contribution in [-0.2, 0) is 36.7 Å². The molecule has 0 spiro atoms. The summed E-state index contributed by atoms with van der Waals surface area (Å²) < 4.78 is 0. The molecule has 186 valence electrons.